The van der Waals surface area contributed by atoms with Gasteiger partial charge in [0.1, 0.15) is 25.1 Å². The lowest BCUT2D eigenvalue weighted by Crippen LogP contribution is -2.17. The highest BCUT2D eigenvalue weighted by Crippen LogP contribution is 2.52. The van der Waals surface area contributed by atoms with E-state index < -0.39 is 24.0 Å². The van der Waals surface area contributed by atoms with E-state index in [-0.39, 0.29) is 42.0 Å². The van der Waals surface area contributed by atoms with Gasteiger partial charge in [0.25, 0.3) is 0 Å². The van der Waals surface area contributed by atoms with Gasteiger partial charge in [0.15, 0.2) is 34.5 Å². The van der Waals surface area contributed by atoms with Gasteiger partial charge in [-0.3, -0.25) is 0 Å². The van der Waals surface area contributed by atoms with Crippen LogP contribution in [-0.4, -0.2) is 61.8 Å². The van der Waals surface area contributed by atoms with Crippen LogP contribution in [0.5, 0.6) is 40.2 Å². The van der Waals surface area contributed by atoms with Gasteiger partial charge >= 0.3 is 11.9 Å². The summed E-state index contributed by atoms with van der Waals surface area (Å²) in [6, 6.07) is 19.6. The lowest BCUT2D eigenvalue weighted by Gasteiger charge is -2.20. The second kappa shape index (κ2) is 16.2. The molecule has 0 aromatic heterocycles. The third-order valence-corrected chi connectivity index (χ3v) is 7.83. The van der Waals surface area contributed by atoms with Gasteiger partial charge in [-0.15, -0.1) is 0 Å². The second-order valence-electron chi connectivity index (χ2n) is 11.1. The molecule has 0 radical (unpaired) electrons. The Morgan fingerprint density at radius 1 is 0.680 bits per heavy atom. The molecule has 0 amide bonds. The highest BCUT2D eigenvalue weighted by Gasteiger charge is 2.39. The van der Waals surface area contributed by atoms with Crippen LogP contribution in [0.2, 0.25) is 0 Å². The molecule has 0 aliphatic carbocycles. The molecule has 1 heterocycles. The van der Waals surface area contributed by atoms with Crippen molar-refractivity contribution in [3.05, 3.63) is 119 Å². The Morgan fingerprint density at radius 2 is 1.28 bits per heavy atom. The van der Waals surface area contributed by atoms with Gasteiger partial charge in [0.2, 0.25) is 0 Å². The quantitative estimate of drug-likeness (QED) is 0.104. The van der Waals surface area contributed by atoms with E-state index in [1.54, 1.807) is 66.8 Å². The van der Waals surface area contributed by atoms with Crippen molar-refractivity contribution in [1.82, 2.24) is 0 Å². The molecule has 3 N–H and O–H groups in total. The molecule has 0 spiro atoms. The summed E-state index contributed by atoms with van der Waals surface area (Å²) >= 11 is 0. The van der Waals surface area contributed by atoms with Crippen molar-refractivity contribution in [3.63, 3.8) is 0 Å². The number of carbonyl (C=O) groups is 2. The molecule has 258 valence electrons. The Morgan fingerprint density at radius 3 is 1.98 bits per heavy atom. The number of fused-ring (bicyclic) bond motifs is 1. The molecule has 0 bridgehead atoms. The molecule has 11 heteroatoms. The minimum atomic E-state index is -0.632. The first-order valence-electron chi connectivity index (χ1n) is 15.5. The number of phenols is 3. The number of methoxy groups -OCH3 is 3. The maximum absolute atomic E-state index is 12.9. The van der Waals surface area contributed by atoms with Crippen LogP contribution in [-0.2, 0) is 19.1 Å². The van der Waals surface area contributed by atoms with E-state index in [4.69, 9.17) is 28.4 Å². The van der Waals surface area contributed by atoms with Crippen LogP contribution in [0.15, 0.2) is 91.0 Å². The number of hydrogen-bond acceptors (Lipinski definition) is 11. The number of phenolic OH excluding ortho intramolecular Hbond substituents is 3. The zero-order valence-electron chi connectivity index (χ0n) is 27.6. The standard InChI is InChI=1S/C39H36O11/c1-45-33-20-25(8-14-31(33)41)10-17-37(44)49-23-30-29-19-26(5-4-18-48-36(43)16-9-24-6-12-28(40)13-7-24)21-35(47-3)39(29)50-38(30)27-11-15-32(42)34(22-27)46-2/h4-17,19-22,30,38,40-42H,18,23H2,1-3H3/t30-,38+/m1/s1. The van der Waals surface area contributed by atoms with E-state index >= 15 is 0 Å². The van der Waals surface area contributed by atoms with Crippen molar-refractivity contribution in [1.29, 1.82) is 0 Å². The lowest BCUT2D eigenvalue weighted by molar-refractivity contribution is -0.139. The van der Waals surface area contributed by atoms with Gasteiger partial charge in [-0.25, -0.2) is 9.59 Å². The third kappa shape index (κ3) is 8.56. The summed E-state index contributed by atoms with van der Waals surface area (Å²) < 4.78 is 33.6. The molecule has 4 aromatic rings. The largest absolute Gasteiger partial charge is 0.508 e. The number of carbonyl (C=O) groups excluding carboxylic acids is 2. The summed E-state index contributed by atoms with van der Waals surface area (Å²) in [4.78, 5) is 25.1. The molecule has 0 saturated heterocycles. The number of esters is 2. The van der Waals surface area contributed by atoms with E-state index in [0.717, 1.165) is 16.7 Å². The Balaban J connectivity index is 1.34. The molecule has 2 atom stereocenters. The fourth-order valence-electron chi connectivity index (χ4n) is 5.31. The van der Waals surface area contributed by atoms with Crippen LogP contribution in [0.4, 0.5) is 0 Å². The molecule has 1 aliphatic rings. The number of benzene rings is 4. The van der Waals surface area contributed by atoms with Crippen LogP contribution in [0.1, 0.15) is 39.8 Å². The zero-order chi connectivity index (χ0) is 35.6. The normalized spacial score (nSPS) is 15.2. The Bertz CT molecular complexity index is 1930. The maximum Gasteiger partial charge on any atom is 0.331 e. The number of hydrogen-bond donors (Lipinski definition) is 3. The highest BCUT2D eigenvalue weighted by molar-refractivity contribution is 5.87. The molecule has 50 heavy (non-hydrogen) atoms. The lowest BCUT2D eigenvalue weighted by atomic mass is 9.90. The molecule has 0 unspecified atom stereocenters. The smallest absolute Gasteiger partial charge is 0.331 e. The first-order valence-corrected chi connectivity index (χ1v) is 15.5. The van der Waals surface area contributed by atoms with Crippen LogP contribution in [0.3, 0.4) is 0 Å². The SMILES string of the molecule is COc1cc(C=CC(=O)OC[C@@H]2c3cc(C=CCOC(=O)C=Cc4ccc(O)cc4)cc(OC)c3O[C@H]2c2ccc(O)c(OC)c2)ccc1O. The van der Waals surface area contributed by atoms with Gasteiger partial charge in [0, 0.05) is 17.7 Å². The molecule has 11 nitrogen and oxygen atoms in total. The Labute approximate surface area is 288 Å². The van der Waals surface area contributed by atoms with Gasteiger partial charge in [-0.2, -0.15) is 0 Å². The first-order chi connectivity index (χ1) is 24.2. The van der Waals surface area contributed by atoms with Crippen molar-refractivity contribution in [2.45, 2.75) is 12.0 Å². The average Bonchev–Trinajstić information content (AvgIpc) is 3.50. The van der Waals surface area contributed by atoms with Crippen molar-refractivity contribution in [3.8, 4) is 40.2 Å². The monoisotopic (exact) mass is 680 g/mol. The van der Waals surface area contributed by atoms with Gasteiger partial charge < -0.3 is 43.7 Å². The Kier molecular flexibility index (Phi) is 11.3. The summed E-state index contributed by atoms with van der Waals surface area (Å²) in [7, 11) is 4.40. The molecular weight excluding hydrogens is 644 g/mol. The Hall–Kier alpha value is -6.36. The van der Waals surface area contributed by atoms with Gasteiger partial charge in [-0.05, 0) is 89.0 Å². The molecule has 5 rings (SSSR count). The summed E-state index contributed by atoms with van der Waals surface area (Å²) in [5.41, 5.74) is 3.48. The predicted molar refractivity (Wildman–Crippen MR) is 186 cm³/mol. The fourth-order valence-corrected chi connectivity index (χ4v) is 5.31. The molecule has 0 saturated carbocycles. The van der Waals surface area contributed by atoms with Gasteiger partial charge in [-0.1, -0.05) is 30.3 Å². The van der Waals surface area contributed by atoms with Crippen molar-refractivity contribution in [2.75, 3.05) is 34.5 Å². The van der Waals surface area contributed by atoms with E-state index in [1.165, 1.54) is 57.7 Å². The average molecular weight is 681 g/mol. The van der Waals surface area contributed by atoms with Crippen LogP contribution >= 0.6 is 0 Å². The van der Waals surface area contributed by atoms with E-state index in [1.807, 2.05) is 6.07 Å². The second-order valence-corrected chi connectivity index (χ2v) is 11.1. The molecule has 1 aliphatic heterocycles. The number of ether oxygens (including phenoxy) is 6. The van der Waals surface area contributed by atoms with Crippen LogP contribution in [0, 0.1) is 0 Å². The zero-order valence-corrected chi connectivity index (χ0v) is 27.6. The first kappa shape index (κ1) is 35.0. The number of aromatic hydroxyl groups is 3. The summed E-state index contributed by atoms with van der Waals surface area (Å²) in [5.74, 6) is -0.0977. The van der Waals surface area contributed by atoms with E-state index in [9.17, 15) is 24.9 Å². The van der Waals surface area contributed by atoms with E-state index in [2.05, 4.69) is 0 Å². The third-order valence-electron chi connectivity index (χ3n) is 7.83. The highest BCUT2D eigenvalue weighted by atomic mass is 16.5. The minimum absolute atomic E-state index is 0.00482. The summed E-state index contributed by atoms with van der Waals surface area (Å²) in [6.07, 6.45) is 8.54. The molecule has 4 aromatic carbocycles. The molecular formula is C39H36O11. The maximum atomic E-state index is 12.9. The summed E-state index contributed by atoms with van der Waals surface area (Å²) in [5, 5.41) is 29.5. The number of rotatable bonds is 13. The predicted octanol–water partition coefficient (Wildman–Crippen LogP) is 6.57. The van der Waals surface area contributed by atoms with E-state index in [0.29, 0.717) is 22.6 Å². The minimum Gasteiger partial charge on any atom is -0.508 e. The van der Waals surface area contributed by atoms with Crippen molar-refractivity contribution < 1.29 is 53.3 Å². The van der Waals surface area contributed by atoms with Crippen LogP contribution in [0.25, 0.3) is 18.2 Å². The van der Waals surface area contributed by atoms with Crippen molar-refractivity contribution in [2.24, 2.45) is 0 Å². The molecule has 0 fully saturated rings. The van der Waals surface area contributed by atoms with Crippen LogP contribution < -0.4 is 18.9 Å². The van der Waals surface area contributed by atoms with Crippen molar-refractivity contribution >= 4 is 30.2 Å². The van der Waals surface area contributed by atoms with Gasteiger partial charge in [0.05, 0.1) is 27.2 Å². The summed E-state index contributed by atoms with van der Waals surface area (Å²) in [6.45, 7) is -0.0604. The fraction of sp³-hybridized carbons (Fsp3) is 0.179. The topological polar surface area (TPSA) is 150 Å².